The van der Waals surface area contributed by atoms with Gasteiger partial charge in [0, 0.05) is 30.9 Å². The number of nitrogens with zero attached hydrogens (tertiary/aromatic N) is 3. The highest BCUT2D eigenvalue weighted by Crippen LogP contribution is 2.22. The van der Waals surface area contributed by atoms with E-state index in [1.54, 1.807) is 30.5 Å². The molecule has 0 unspecified atom stereocenters. The second kappa shape index (κ2) is 4.80. The van der Waals surface area contributed by atoms with Gasteiger partial charge in [0.2, 0.25) is 0 Å². The Morgan fingerprint density at radius 2 is 1.59 bits per heavy atom. The third-order valence-corrected chi connectivity index (χ3v) is 3.97. The molecular weight excluding hydrogens is 278 g/mol. The van der Waals surface area contributed by atoms with E-state index in [9.17, 15) is 9.59 Å². The maximum atomic E-state index is 12.3. The summed E-state index contributed by atoms with van der Waals surface area (Å²) >= 11 is 0. The normalized spacial score (nSPS) is 13.9. The Hall–Kier alpha value is -2.95. The molecule has 2 amide bonds. The molecule has 1 aromatic carbocycles. The van der Waals surface area contributed by atoms with Crippen molar-refractivity contribution in [3.63, 3.8) is 0 Å². The van der Waals surface area contributed by atoms with Crippen LogP contribution in [-0.4, -0.2) is 32.8 Å². The van der Waals surface area contributed by atoms with Crippen LogP contribution in [0.3, 0.4) is 0 Å². The van der Waals surface area contributed by atoms with Crippen molar-refractivity contribution in [1.29, 1.82) is 0 Å². The van der Waals surface area contributed by atoms with Gasteiger partial charge in [0.05, 0.1) is 11.1 Å². The first-order valence-electron chi connectivity index (χ1n) is 7.11. The lowest BCUT2D eigenvalue weighted by Crippen LogP contribution is -2.32. The molecule has 5 nitrogen and oxygen atoms in total. The Kier molecular flexibility index (Phi) is 2.79. The van der Waals surface area contributed by atoms with E-state index in [0.29, 0.717) is 24.2 Å². The average molecular weight is 291 g/mol. The molecule has 3 heterocycles. The van der Waals surface area contributed by atoms with E-state index < -0.39 is 0 Å². The Morgan fingerprint density at radius 1 is 0.864 bits per heavy atom. The molecule has 0 spiro atoms. The van der Waals surface area contributed by atoms with Gasteiger partial charge in [-0.05, 0) is 30.3 Å². The Labute approximate surface area is 126 Å². The van der Waals surface area contributed by atoms with Crippen molar-refractivity contribution in [2.75, 3.05) is 6.54 Å². The molecule has 0 radical (unpaired) electrons. The van der Waals surface area contributed by atoms with Gasteiger partial charge in [0.15, 0.2) is 0 Å². The zero-order valence-electron chi connectivity index (χ0n) is 11.8. The van der Waals surface area contributed by atoms with Crippen molar-refractivity contribution in [3.8, 4) is 0 Å². The third-order valence-electron chi connectivity index (χ3n) is 3.97. The fourth-order valence-electron chi connectivity index (χ4n) is 2.85. The average Bonchev–Trinajstić information content (AvgIpc) is 3.07. The largest absolute Gasteiger partial charge is 0.331 e. The SMILES string of the molecule is O=C1c2ccccc2C(=O)N1CCn1ccc2cccnc21. The first-order valence-corrected chi connectivity index (χ1v) is 7.11. The molecule has 1 aliphatic heterocycles. The summed E-state index contributed by atoms with van der Waals surface area (Å²) in [4.78, 5) is 30.3. The lowest BCUT2D eigenvalue weighted by molar-refractivity contribution is 0.0649. The third kappa shape index (κ3) is 1.83. The smallest absolute Gasteiger partial charge is 0.261 e. The van der Waals surface area contributed by atoms with Crippen LogP contribution < -0.4 is 0 Å². The van der Waals surface area contributed by atoms with E-state index >= 15 is 0 Å². The topological polar surface area (TPSA) is 55.2 Å². The summed E-state index contributed by atoms with van der Waals surface area (Å²) in [6.07, 6.45) is 3.66. The molecule has 0 aliphatic carbocycles. The zero-order valence-corrected chi connectivity index (χ0v) is 11.8. The van der Waals surface area contributed by atoms with Crippen LogP contribution >= 0.6 is 0 Å². The Balaban J connectivity index is 1.58. The molecule has 22 heavy (non-hydrogen) atoms. The van der Waals surface area contributed by atoms with Crippen LogP contribution in [0, 0.1) is 0 Å². The summed E-state index contributed by atoms with van der Waals surface area (Å²) in [6.45, 7) is 0.874. The summed E-state index contributed by atoms with van der Waals surface area (Å²) in [7, 11) is 0. The minimum atomic E-state index is -0.218. The number of carbonyl (C=O) groups excluding carboxylic acids is 2. The van der Waals surface area contributed by atoms with E-state index in [-0.39, 0.29) is 11.8 Å². The first-order chi connectivity index (χ1) is 10.8. The fraction of sp³-hybridized carbons (Fsp3) is 0.118. The first kappa shape index (κ1) is 12.8. The molecule has 0 saturated heterocycles. The molecule has 0 atom stereocenters. The van der Waals surface area contributed by atoms with Gasteiger partial charge in [0.1, 0.15) is 5.65 Å². The van der Waals surface area contributed by atoms with Crippen LogP contribution in [0.25, 0.3) is 11.0 Å². The van der Waals surface area contributed by atoms with Gasteiger partial charge in [-0.25, -0.2) is 4.98 Å². The van der Waals surface area contributed by atoms with Crippen molar-refractivity contribution in [1.82, 2.24) is 14.5 Å². The summed E-state index contributed by atoms with van der Waals surface area (Å²) in [5.41, 5.74) is 1.84. The van der Waals surface area contributed by atoms with Crippen molar-refractivity contribution in [2.24, 2.45) is 0 Å². The molecule has 2 aromatic heterocycles. The lowest BCUT2D eigenvalue weighted by Gasteiger charge is -2.14. The van der Waals surface area contributed by atoms with Crippen LogP contribution in [0.2, 0.25) is 0 Å². The number of amides is 2. The van der Waals surface area contributed by atoms with Crippen LogP contribution in [0.5, 0.6) is 0 Å². The fourth-order valence-corrected chi connectivity index (χ4v) is 2.85. The summed E-state index contributed by atoms with van der Waals surface area (Å²) in [6, 6.07) is 12.8. The van der Waals surface area contributed by atoms with Gasteiger partial charge in [-0.15, -0.1) is 0 Å². The molecule has 1 aliphatic rings. The molecule has 4 rings (SSSR count). The van der Waals surface area contributed by atoms with Gasteiger partial charge in [-0.1, -0.05) is 12.1 Å². The molecule has 108 valence electrons. The van der Waals surface area contributed by atoms with Crippen LogP contribution in [0.4, 0.5) is 0 Å². The molecule has 5 heteroatoms. The number of rotatable bonds is 3. The van der Waals surface area contributed by atoms with Crippen molar-refractivity contribution >= 4 is 22.8 Å². The standard InChI is InChI=1S/C17H13N3O2/c21-16-13-5-1-2-6-14(13)17(22)20(16)11-10-19-9-7-12-4-3-8-18-15(12)19/h1-9H,10-11H2. The lowest BCUT2D eigenvalue weighted by atomic mass is 10.1. The number of carbonyl (C=O) groups is 2. The number of aromatic nitrogens is 2. The highest BCUT2D eigenvalue weighted by molar-refractivity contribution is 6.21. The summed E-state index contributed by atoms with van der Waals surface area (Å²) in [5, 5.41) is 1.05. The predicted molar refractivity (Wildman–Crippen MR) is 81.5 cm³/mol. The van der Waals surface area contributed by atoms with Crippen LogP contribution in [0.1, 0.15) is 20.7 Å². The molecule has 0 saturated carbocycles. The summed E-state index contributed by atoms with van der Waals surface area (Å²) < 4.78 is 1.96. The number of hydrogen-bond acceptors (Lipinski definition) is 3. The van der Waals surface area contributed by atoms with Gasteiger partial charge in [0.25, 0.3) is 11.8 Å². The molecule has 0 bridgehead atoms. The van der Waals surface area contributed by atoms with Crippen molar-refractivity contribution in [2.45, 2.75) is 6.54 Å². The highest BCUT2D eigenvalue weighted by atomic mass is 16.2. The minimum Gasteiger partial charge on any atom is -0.331 e. The number of pyridine rings is 1. The number of fused-ring (bicyclic) bond motifs is 2. The molecular formula is C17H13N3O2. The Morgan fingerprint density at radius 3 is 2.32 bits per heavy atom. The van der Waals surface area contributed by atoms with Gasteiger partial charge in [-0.2, -0.15) is 0 Å². The monoisotopic (exact) mass is 291 g/mol. The zero-order chi connectivity index (χ0) is 15.1. The van der Waals surface area contributed by atoms with E-state index in [4.69, 9.17) is 0 Å². The van der Waals surface area contributed by atoms with Crippen LogP contribution in [-0.2, 0) is 6.54 Å². The quantitative estimate of drug-likeness (QED) is 0.696. The van der Waals surface area contributed by atoms with E-state index in [2.05, 4.69) is 4.98 Å². The Bertz CT molecular complexity index is 863. The second-order valence-electron chi connectivity index (χ2n) is 5.23. The molecule has 3 aromatic rings. The molecule has 0 N–H and O–H groups in total. The maximum Gasteiger partial charge on any atom is 0.261 e. The number of imide groups is 1. The number of hydrogen-bond donors (Lipinski definition) is 0. The van der Waals surface area contributed by atoms with E-state index in [0.717, 1.165) is 11.0 Å². The van der Waals surface area contributed by atoms with Crippen molar-refractivity contribution < 1.29 is 9.59 Å². The van der Waals surface area contributed by atoms with Crippen molar-refractivity contribution in [3.05, 3.63) is 66.0 Å². The van der Waals surface area contributed by atoms with Gasteiger partial charge in [-0.3, -0.25) is 14.5 Å². The maximum absolute atomic E-state index is 12.3. The highest BCUT2D eigenvalue weighted by Gasteiger charge is 2.34. The second-order valence-corrected chi connectivity index (χ2v) is 5.23. The van der Waals surface area contributed by atoms with Crippen LogP contribution in [0.15, 0.2) is 54.9 Å². The summed E-state index contributed by atoms with van der Waals surface area (Å²) in [5.74, 6) is -0.435. The van der Waals surface area contributed by atoms with Gasteiger partial charge < -0.3 is 4.57 Å². The van der Waals surface area contributed by atoms with E-state index in [1.807, 2.05) is 29.0 Å². The minimum absolute atomic E-state index is 0.218. The predicted octanol–water partition coefficient (Wildman–Crippen LogP) is 2.33. The van der Waals surface area contributed by atoms with Gasteiger partial charge >= 0.3 is 0 Å². The molecule has 0 fully saturated rings. The van der Waals surface area contributed by atoms with E-state index in [1.165, 1.54) is 4.90 Å². The number of benzene rings is 1.